The number of aliphatic hydroxyl groups is 1. The molecule has 4 rings (SSSR count). The van der Waals surface area contributed by atoms with E-state index in [4.69, 9.17) is 0 Å². The third-order valence-electron chi connectivity index (χ3n) is 8.70. The van der Waals surface area contributed by atoms with Crippen LogP contribution in [0.2, 0.25) is 0 Å². The maximum atomic E-state index is 10.9. The van der Waals surface area contributed by atoms with Gasteiger partial charge in [-0.25, -0.2) is 0 Å². The van der Waals surface area contributed by atoms with Crippen LogP contribution in [-0.4, -0.2) is 11.2 Å². The van der Waals surface area contributed by atoms with E-state index in [0.717, 1.165) is 36.0 Å². The molecular weight excluding hydrogens is 405 g/mol. The van der Waals surface area contributed by atoms with Crippen LogP contribution in [-0.2, 0) is 32.7 Å². The third-order valence-corrected chi connectivity index (χ3v) is 8.70. The van der Waals surface area contributed by atoms with Crippen molar-refractivity contribution in [2.75, 3.05) is 0 Å². The molecule has 3 saturated carbocycles. The molecule has 4 aliphatic carbocycles. The average molecular weight is 446 g/mol. The number of hydrogen-bond donors (Lipinski definition) is 1. The Morgan fingerprint density at radius 3 is 2.07 bits per heavy atom. The molecule has 1 nitrogen and oxygen atoms in total. The zero-order valence-electron chi connectivity index (χ0n) is 17.3. The minimum Gasteiger partial charge on any atom is -0.392 e. The average Bonchev–Trinajstić information content (AvgIpc) is 3.23. The fourth-order valence-electron chi connectivity index (χ4n) is 6.96. The van der Waals surface area contributed by atoms with Crippen LogP contribution in [0.15, 0.2) is 24.3 Å². The molecule has 1 radical (unpaired) electrons. The Kier molecular flexibility index (Phi) is 8.68. The van der Waals surface area contributed by atoms with Gasteiger partial charge in [0.15, 0.2) is 0 Å². The van der Waals surface area contributed by atoms with Gasteiger partial charge in [0.25, 0.3) is 0 Å². The van der Waals surface area contributed by atoms with Crippen molar-refractivity contribution < 1.29 is 37.8 Å². The molecule has 4 unspecified atom stereocenters. The smallest absolute Gasteiger partial charge is 0.0608 e. The fourth-order valence-corrected chi connectivity index (χ4v) is 6.96. The summed E-state index contributed by atoms with van der Waals surface area (Å²) in [5.41, 5.74) is 1.62. The predicted molar refractivity (Wildman–Crippen MR) is 110 cm³/mol. The second-order valence-electron chi connectivity index (χ2n) is 10.0. The van der Waals surface area contributed by atoms with Crippen LogP contribution in [0.25, 0.3) is 0 Å². The molecule has 0 spiro atoms. The molecule has 0 aliphatic heterocycles. The topological polar surface area (TPSA) is 20.2 Å². The Labute approximate surface area is 192 Å². The van der Waals surface area contributed by atoms with Crippen molar-refractivity contribution in [1.82, 2.24) is 0 Å². The first-order valence-corrected chi connectivity index (χ1v) is 11.7. The van der Waals surface area contributed by atoms with Gasteiger partial charge in [-0.2, -0.15) is 0 Å². The van der Waals surface area contributed by atoms with Crippen molar-refractivity contribution in [1.29, 1.82) is 0 Å². The van der Waals surface area contributed by atoms with Crippen LogP contribution in [0, 0.1) is 35.5 Å². The van der Waals surface area contributed by atoms with Crippen molar-refractivity contribution in [3.63, 3.8) is 0 Å². The van der Waals surface area contributed by atoms with Gasteiger partial charge in [0.1, 0.15) is 0 Å². The van der Waals surface area contributed by atoms with Gasteiger partial charge in [-0.1, -0.05) is 43.4 Å². The first-order chi connectivity index (χ1) is 12.7. The molecule has 2 heteroatoms. The van der Waals surface area contributed by atoms with E-state index < -0.39 is 0 Å². The summed E-state index contributed by atoms with van der Waals surface area (Å²) in [5.74, 6) is 4.89. The number of rotatable bonds is 4. The van der Waals surface area contributed by atoms with Gasteiger partial charge in [-0.3, -0.25) is 0 Å². The number of hydrogen-bond acceptors (Lipinski definition) is 1. The van der Waals surface area contributed by atoms with E-state index in [1.807, 2.05) is 0 Å². The Morgan fingerprint density at radius 2 is 1.48 bits per heavy atom. The Morgan fingerprint density at radius 1 is 0.815 bits per heavy atom. The van der Waals surface area contributed by atoms with Crippen molar-refractivity contribution in [3.05, 3.63) is 24.3 Å². The van der Waals surface area contributed by atoms with E-state index in [9.17, 15) is 5.11 Å². The van der Waals surface area contributed by atoms with Gasteiger partial charge in [0, 0.05) is 38.6 Å². The van der Waals surface area contributed by atoms with Crippen molar-refractivity contribution in [2.24, 2.45) is 35.5 Å². The van der Waals surface area contributed by atoms with Gasteiger partial charge >= 0.3 is 0 Å². The molecule has 0 aromatic carbocycles. The summed E-state index contributed by atoms with van der Waals surface area (Å²) in [6.45, 7) is 3.99. The molecule has 4 aliphatic rings. The quantitative estimate of drug-likeness (QED) is 0.479. The maximum absolute atomic E-state index is 10.9. The van der Waals surface area contributed by atoms with Crippen LogP contribution >= 0.6 is 0 Å². The molecule has 0 aromatic heterocycles. The van der Waals surface area contributed by atoms with E-state index in [1.54, 1.807) is 5.57 Å². The Balaban J connectivity index is 0.00000210. The Hall–Kier alpha value is 0.544. The largest absolute Gasteiger partial charge is 0.392 e. The van der Waals surface area contributed by atoms with Crippen LogP contribution in [0.4, 0.5) is 0 Å². The van der Waals surface area contributed by atoms with E-state index in [1.165, 1.54) is 83.5 Å². The van der Waals surface area contributed by atoms with Crippen LogP contribution < -0.4 is 0 Å². The Bertz CT molecular complexity index is 498. The molecule has 27 heavy (non-hydrogen) atoms. The molecule has 0 bridgehead atoms. The van der Waals surface area contributed by atoms with E-state index >= 15 is 0 Å². The van der Waals surface area contributed by atoms with Crippen molar-refractivity contribution in [2.45, 2.75) is 96.0 Å². The summed E-state index contributed by atoms with van der Waals surface area (Å²) in [4.78, 5) is 0. The first-order valence-electron chi connectivity index (χ1n) is 11.7. The summed E-state index contributed by atoms with van der Waals surface area (Å²) in [6.07, 6.45) is 23.6. The number of allylic oxidation sites excluding steroid dienone is 2. The molecule has 0 saturated heterocycles. The SMILES string of the molecule is C=CC1CCC(C2CC=C(C3CCC(C4CCCC4)CC3O)CC2)CC1.[Y]. The summed E-state index contributed by atoms with van der Waals surface area (Å²) in [7, 11) is 0. The molecule has 3 fully saturated rings. The standard InChI is InChI=1S/C25H40O.Y/c1-2-18-7-9-20(10-8-18)21-11-13-22(14-12-21)24-16-15-23(17-25(24)26)19-5-3-4-6-19;/h2,13,18-21,23-26H,1,3-12,14-17H2;. The molecule has 4 atom stereocenters. The number of aliphatic hydroxyl groups excluding tert-OH is 1. The van der Waals surface area contributed by atoms with E-state index in [2.05, 4.69) is 18.7 Å². The molecule has 149 valence electrons. The summed E-state index contributed by atoms with van der Waals surface area (Å²) in [5, 5.41) is 10.9. The first kappa shape index (κ1) is 22.2. The zero-order valence-corrected chi connectivity index (χ0v) is 20.2. The monoisotopic (exact) mass is 445 g/mol. The van der Waals surface area contributed by atoms with Gasteiger partial charge in [0.05, 0.1) is 6.10 Å². The van der Waals surface area contributed by atoms with Gasteiger partial charge in [-0.05, 0) is 93.8 Å². The predicted octanol–water partition coefficient (Wildman–Crippen LogP) is 6.67. The van der Waals surface area contributed by atoms with Crippen molar-refractivity contribution >= 4 is 0 Å². The molecular formula is C25H40OY. The zero-order chi connectivity index (χ0) is 17.9. The fraction of sp³-hybridized carbons (Fsp3) is 0.840. The summed E-state index contributed by atoms with van der Waals surface area (Å²) >= 11 is 0. The second-order valence-corrected chi connectivity index (χ2v) is 10.0. The van der Waals surface area contributed by atoms with Crippen LogP contribution in [0.1, 0.15) is 89.9 Å². The van der Waals surface area contributed by atoms with Gasteiger partial charge < -0.3 is 5.11 Å². The van der Waals surface area contributed by atoms with Crippen LogP contribution in [0.3, 0.4) is 0 Å². The molecule has 1 N–H and O–H groups in total. The third kappa shape index (κ3) is 5.37. The molecule has 0 heterocycles. The second kappa shape index (κ2) is 10.5. The minimum absolute atomic E-state index is 0. The van der Waals surface area contributed by atoms with E-state index in [0.29, 0.717) is 5.92 Å². The molecule has 0 aromatic rings. The summed E-state index contributed by atoms with van der Waals surface area (Å²) < 4.78 is 0. The van der Waals surface area contributed by atoms with Gasteiger partial charge in [-0.15, -0.1) is 6.58 Å². The van der Waals surface area contributed by atoms with Crippen LogP contribution in [0.5, 0.6) is 0 Å². The van der Waals surface area contributed by atoms with E-state index in [-0.39, 0.29) is 38.8 Å². The van der Waals surface area contributed by atoms with Crippen molar-refractivity contribution in [3.8, 4) is 0 Å². The molecule has 0 amide bonds. The maximum Gasteiger partial charge on any atom is 0.0608 e. The van der Waals surface area contributed by atoms with Gasteiger partial charge in [0.2, 0.25) is 0 Å². The minimum atomic E-state index is -0.0554. The summed E-state index contributed by atoms with van der Waals surface area (Å²) in [6, 6.07) is 0. The normalized spacial score (nSPS) is 40.9.